The topological polar surface area (TPSA) is 94.8 Å². The first-order chi connectivity index (χ1) is 20.6. The molecule has 218 valence electrons. The van der Waals surface area contributed by atoms with Gasteiger partial charge in [-0.1, -0.05) is 35.9 Å². The van der Waals surface area contributed by atoms with E-state index in [1.54, 1.807) is 4.90 Å². The number of carbonyl (C=O) groups is 1. The summed E-state index contributed by atoms with van der Waals surface area (Å²) in [5, 5.41) is 12.3. The van der Waals surface area contributed by atoms with E-state index in [-0.39, 0.29) is 18.4 Å². The van der Waals surface area contributed by atoms with Crippen LogP contribution in [0.2, 0.25) is 5.02 Å². The lowest BCUT2D eigenvalue weighted by Crippen LogP contribution is -2.55. The Hall–Kier alpha value is -3.94. The molecule has 0 bridgehead atoms. The highest BCUT2D eigenvalue weighted by Crippen LogP contribution is 2.37. The zero-order valence-corrected chi connectivity index (χ0v) is 24.0. The van der Waals surface area contributed by atoms with E-state index in [2.05, 4.69) is 34.1 Å². The van der Waals surface area contributed by atoms with Crippen LogP contribution in [0.1, 0.15) is 17.7 Å². The molecule has 3 aromatic rings. The number of piperazine rings is 1. The summed E-state index contributed by atoms with van der Waals surface area (Å²) in [5.41, 5.74) is 2.99. The summed E-state index contributed by atoms with van der Waals surface area (Å²) in [6, 6.07) is 14.3. The molecule has 11 heteroatoms. The molecule has 3 aliphatic rings. The van der Waals surface area contributed by atoms with E-state index < -0.39 is 6.67 Å². The van der Waals surface area contributed by atoms with Crippen LogP contribution in [0.4, 0.5) is 15.9 Å². The number of hydrogen-bond acceptors (Lipinski definition) is 8. The second-order valence-corrected chi connectivity index (χ2v) is 11.2. The van der Waals surface area contributed by atoms with Crippen molar-refractivity contribution in [3.8, 4) is 12.1 Å². The number of nitriles is 1. The number of amides is 1. The lowest BCUT2D eigenvalue weighted by molar-refractivity contribution is -0.128. The SMILES string of the molecule is N#CC[C@H]1CN(c2nc(OCC3COC3)nc3c2CCN(c2cccc4cccc(Cl)c24)C3)CCN1C(=O)/C=C/CF. The standard InChI is InChI=1S/C31H32ClFN6O3/c32-25-6-1-4-22-5-2-7-27(29(22)25)37-13-10-24-26(17-37)35-31(42-20-21-18-41-19-21)36-30(24)38-14-15-39(23(16-38)9-12-34)28(40)8-3-11-33/h1-8,21,23H,9-11,13-20H2/b8-3+/t23-/m0/s1. The molecular weight excluding hydrogens is 559 g/mol. The Kier molecular flexibility index (Phi) is 8.40. The third kappa shape index (κ3) is 5.72. The van der Waals surface area contributed by atoms with Crippen molar-refractivity contribution in [1.82, 2.24) is 14.9 Å². The van der Waals surface area contributed by atoms with Gasteiger partial charge in [-0.25, -0.2) is 4.39 Å². The van der Waals surface area contributed by atoms with Gasteiger partial charge in [0, 0.05) is 54.8 Å². The van der Waals surface area contributed by atoms with Crippen molar-refractivity contribution in [2.24, 2.45) is 5.92 Å². The molecule has 9 nitrogen and oxygen atoms in total. The number of aromatic nitrogens is 2. The molecule has 1 amide bonds. The summed E-state index contributed by atoms with van der Waals surface area (Å²) in [6.07, 6.45) is 3.32. The van der Waals surface area contributed by atoms with Gasteiger partial charge >= 0.3 is 6.01 Å². The number of hydrogen-bond donors (Lipinski definition) is 0. The molecule has 0 spiro atoms. The first kappa shape index (κ1) is 28.2. The fourth-order valence-electron chi connectivity index (χ4n) is 5.89. The fourth-order valence-corrected chi connectivity index (χ4v) is 6.17. The van der Waals surface area contributed by atoms with Gasteiger partial charge in [0.1, 0.15) is 12.5 Å². The van der Waals surface area contributed by atoms with Crippen LogP contribution in [-0.2, 0) is 22.5 Å². The zero-order chi connectivity index (χ0) is 29.1. The molecule has 2 fully saturated rings. The molecule has 0 radical (unpaired) electrons. The van der Waals surface area contributed by atoms with E-state index in [4.69, 9.17) is 31.0 Å². The Balaban J connectivity index is 1.32. The Labute approximate surface area is 249 Å². The molecule has 0 unspecified atom stereocenters. The van der Waals surface area contributed by atoms with Crippen LogP contribution in [-0.4, -0.2) is 79.5 Å². The second kappa shape index (κ2) is 12.5. The van der Waals surface area contributed by atoms with Crippen molar-refractivity contribution in [2.75, 3.05) is 62.5 Å². The predicted octanol–water partition coefficient (Wildman–Crippen LogP) is 4.33. The summed E-state index contributed by atoms with van der Waals surface area (Å²) in [7, 11) is 0. The Morgan fingerprint density at radius 3 is 2.76 bits per heavy atom. The average molecular weight is 591 g/mol. The van der Waals surface area contributed by atoms with Crippen molar-refractivity contribution in [1.29, 1.82) is 5.26 Å². The number of halogens is 2. The number of benzene rings is 2. The first-order valence-corrected chi connectivity index (χ1v) is 14.6. The van der Waals surface area contributed by atoms with Crippen molar-refractivity contribution >= 4 is 39.8 Å². The predicted molar refractivity (Wildman–Crippen MR) is 159 cm³/mol. The van der Waals surface area contributed by atoms with Gasteiger partial charge in [0.15, 0.2) is 0 Å². The third-order valence-electron chi connectivity index (χ3n) is 8.09. The lowest BCUT2D eigenvalue weighted by Gasteiger charge is -2.42. The molecule has 6 rings (SSSR count). The van der Waals surface area contributed by atoms with Crippen LogP contribution in [0.15, 0.2) is 48.6 Å². The van der Waals surface area contributed by atoms with Gasteiger partial charge < -0.3 is 24.2 Å². The quantitative estimate of drug-likeness (QED) is 0.358. The Morgan fingerprint density at radius 1 is 1.17 bits per heavy atom. The minimum absolute atomic E-state index is 0.166. The van der Waals surface area contributed by atoms with Gasteiger partial charge in [-0.2, -0.15) is 15.2 Å². The minimum atomic E-state index is -0.709. The normalized spacial score (nSPS) is 19.1. The van der Waals surface area contributed by atoms with E-state index in [0.717, 1.165) is 40.1 Å². The van der Waals surface area contributed by atoms with Gasteiger partial charge in [0.05, 0.1) is 55.6 Å². The van der Waals surface area contributed by atoms with E-state index >= 15 is 0 Å². The number of anilines is 2. The summed E-state index contributed by atoms with van der Waals surface area (Å²) in [4.78, 5) is 28.5. The summed E-state index contributed by atoms with van der Waals surface area (Å²) < 4.78 is 24.0. The maximum absolute atomic E-state index is 12.7. The van der Waals surface area contributed by atoms with Crippen molar-refractivity contribution in [2.45, 2.75) is 25.4 Å². The summed E-state index contributed by atoms with van der Waals surface area (Å²) in [5.74, 6) is 0.813. The Bertz CT molecular complexity index is 1540. The number of rotatable bonds is 8. The van der Waals surface area contributed by atoms with Crippen LogP contribution in [0.3, 0.4) is 0 Å². The molecule has 4 heterocycles. The number of ether oxygens (including phenoxy) is 2. The molecule has 42 heavy (non-hydrogen) atoms. The highest BCUT2D eigenvalue weighted by molar-refractivity contribution is 6.36. The maximum atomic E-state index is 12.7. The summed E-state index contributed by atoms with van der Waals surface area (Å²) >= 11 is 6.66. The minimum Gasteiger partial charge on any atom is -0.463 e. The number of carbonyl (C=O) groups excluding carboxylic acids is 1. The van der Waals surface area contributed by atoms with Gasteiger partial charge in [-0.15, -0.1) is 0 Å². The number of fused-ring (bicyclic) bond motifs is 2. The molecule has 1 atom stereocenters. The van der Waals surface area contributed by atoms with Crippen molar-refractivity contribution in [3.63, 3.8) is 0 Å². The molecule has 2 saturated heterocycles. The first-order valence-electron chi connectivity index (χ1n) is 14.2. The smallest absolute Gasteiger partial charge is 0.318 e. The molecular formula is C31H32ClFN6O3. The Morgan fingerprint density at radius 2 is 2.00 bits per heavy atom. The highest BCUT2D eigenvalue weighted by atomic mass is 35.5. The number of allylic oxidation sites excluding steroid dienone is 1. The van der Waals surface area contributed by atoms with Crippen molar-refractivity contribution < 1.29 is 18.7 Å². The van der Waals surface area contributed by atoms with Crippen LogP contribution in [0.5, 0.6) is 6.01 Å². The molecule has 3 aliphatic heterocycles. The fraction of sp³-hybridized carbons (Fsp3) is 0.419. The molecule has 0 aliphatic carbocycles. The van der Waals surface area contributed by atoms with Gasteiger partial charge in [0.2, 0.25) is 5.91 Å². The lowest BCUT2D eigenvalue weighted by atomic mass is 10.0. The van der Waals surface area contributed by atoms with E-state index in [9.17, 15) is 14.4 Å². The van der Waals surface area contributed by atoms with Crippen molar-refractivity contribution in [3.05, 3.63) is 64.8 Å². The average Bonchev–Trinajstić information content (AvgIpc) is 2.98. The van der Waals surface area contributed by atoms with Crippen LogP contribution in [0, 0.1) is 17.2 Å². The summed E-state index contributed by atoms with van der Waals surface area (Å²) in [6.45, 7) is 3.76. The zero-order valence-electron chi connectivity index (χ0n) is 23.2. The van der Waals surface area contributed by atoms with Gasteiger partial charge in [0.25, 0.3) is 0 Å². The van der Waals surface area contributed by atoms with E-state index in [0.29, 0.717) is 69.4 Å². The molecule has 0 N–H and O–H groups in total. The van der Waals surface area contributed by atoms with Gasteiger partial charge in [-0.3, -0.25) is 4.79 Å². The number of nitrogens with zero attached hydrogens (tertiary/aromatic N) is 6. The second-order valence-electron chi connectivity index (χ2n) is 10.8. The maximum Gasteiger partial charge on any atom is 0.318 e. The van der Waals surface area contributed by atoms with Gasteiger partial charge in [-0.05, 0) is 30.0 Å². The highest BCUT2D eigenvalue weighted by Gasteiger charge is 2.33. The monoisotopic (exact) mass is 590 g/mol. The van der Waals surface area contributed by atoms with E-state index in [1.165, 1.54) is 12.2 Å². The van der Waals surface area contributed by atoms with Crippen LogP contribution in [0.25, 0.3) is 10.8 Å². The van der Waals surface area contributed by atoms with Crippen LogP contribution >= 0.6 is 11.6 Å². The largest absolute Gasteiger partial charge is 0.463 e. The third-order valence-corrected chi connectivity index (χ3v) is 8.41. The molecule has 0 saturated carbocycles. The molecule has 2 aromatic carbocycles. The van der Waals surface area contributed by atoms with E-state index in [1.807, 2.05) is 18.2 Å². The van der Waals surface area contributed by atoms with Crippen LogP contribution < -0.4 is 14.5 Å². The molecule has 1 aromatic heterocycles. The number of alkyl halides is 1.